The maximum absolute atomic E-state index is 11.3. The minimum absolute atomic E-state index is 0.256. The van der Waals surface area contributed by atoms with Gasteiger partial charge in [-0.3, -0.25) is 9.59 Å². The third kappa shape index (κ3) is 6.91. The topological polar surface area (TPSA) is 71.1 Å². The van der Waals surface area contributed by atoms with Gasteiger partial charge in [-0.1, -0.05) is 0 Å². The van der Waals surface area contributed by atoms with E-state index in [1.807, 2.05) is 0 Å². The highest BCUT2D eigenvalue weighted by atomic mass is 16.5. The predicted molar refractivity (Wildman–Crippen MR) is 59.5 cm³/mol. The highest BCUT2D eigenvalue weighted by molar-refractivity contribution is 5.94. The van der Waals surface area contributed by atoms with Crippen LogP contribution in [0.5, 0.6) is 0 Å². The molecular formula is C11H20O6. The van der Waals surface area contributed by atoms with Crippen LogP contribution in [0.25, 0.3) is 0 Å². The first kappa shape index (κ1) is 15.9. The summed E-state index contributed by atoms with van der Waals surface area (Å²) in [5, 5.41) is 0. The average Bonchev–Trinajstić information content (AvgIpc) is 2.36. The Labute approximate surface area is 101 Å². The van der Waals surface area contributed by atoms with E-state index in [2.05, 4.69) is 9.47 Å². The van der Waals surface area contributed by atoms with Crippen LogP contribution in [0.1, 0.15) is 12.8 Å². The predicted octanol–water partition coefficient (Wildman–Crippen LogP) is 0.392. The molecule has 17 heavy (non-hydrogen) atoms. The number of ether oxygens (including phenoxy) is 4. The third-order valence-electron chi connectivity index (χ3n) is 2.16. The SMILES string of the molecule is COCCCOCCC(C(=O)OC)C(=O)OC. The van der Waals surface area contributed by atoms with Crippen molar-refractivity contribution in [3.8, 4) is 0 Å². The van der Waals surface area contributed by atoms with Gasteiger partial charge in [0.05, 0.1) is 14.2 Å². The molecule has 0 spiro atoms. The van der Waals surface area contributed by atoms with Crippen LogP contribution in [0, 0.1) is 5.92 Å². The third-order valence-corrected chi connectivity index (χ3v) is 2.16. The maximum Gasteiger partial charge on any atom is 0.320 e. The van der Waals surface area contributed by atoms with Crippen molar-refractivity contribution < 1.29 is 28.5 Å². The van der Waals surface area contributed by atoms with Crippen molar-refractivity contribution in [3.05, 3.63) is 0 Å². The molecule has 0 aliphatic heterocycles. The molecule has 0 heterocycles. The Morgan fingerprint density at radius 1 is 0.941 bits per heavy atom. The van der Waals surface area contributed by atoms with Gasteiger partial charge >= 0.3 is 11.9 Å². The van der Waals surface area contributed by atoms with E-state index in [4.69, 9.17) is 9.47 Å². The lowest BCUT2D eigenvalue weighted by Crippen LogP contribution is -2.27. The lowest BCUT2D eigenvalue weighted by molar-refractivity contribution is -0.159. The molecule has 0 rings (SSSR count). The van der Waals surface area contributed by atoms with E-state index in [1.165, 1.54) is 14.2 Å². The first-order valence-corrected chi connectivity index (χ1v) is 5.39. The van der Waals surface area contributed by atoms with Crippen LogP contribution < -0.4 is 0 Å². The van der Waals surface area contributed by atoms with Crippen LogP contribution in [0.4, 0.5) is 0 Å². The first-order valence-electron chi connectivity index (χ1n) is 5.39. The van der Waals surface area contributed by atoms with Gasteiger partial charge in [0.25, 0.3) is 0 Å². The fourth-order valence-electron chi connectivity index (χ4n) is 1.23. The normalized spacial score (nSPS) is 10.4. The molecule has 100 valence electrons. The molecule has 0 unspecified atom stereocenters. The van der Waals surface area contributed by atoms with Gasteiger partial charge in [-0.15, -0.1) is 0 Å². The second kappa shape index (κ2) is 10.0. The van der Waals surface area contributed by atoms with E-state index < -0.39 is 17.9 Å². The zero-order valence-corrected chi connectivity index (χ0v) is 10.6. The lowest BCUT2D eigenvalue weighted by Gasteiger charge is -2.12. The summed E-state index contributed by atoms with van der Waals surface area (Å²) in [5.41, 5.74) is 0. The molecule has 0 saturated carbocycles. The van der Waals surface area contributed by atoms with Gasteiger partial charge in [-0.2, -0.15) is 0 Å². The van der Waals surface area contributed by atoms with E-state index in [0.717, 1.165) is 6.42 Å². The summed E-state index contributed by atoms with van der Waals surface area (Å²) in [6, 6.07) is 0. The van der Waals surface area contributed by atoms with Crippen molar-refractivity contribution in [2.75, 3.05) is 41.2 Å². The number of hydrogen-bond acceptors (Lipinski definition) is 6. The van der Waals surface area contributed by atoms with Crippen LogP contribution in [0.2, 0.25) is 0 Å². The molecule has 0 fully saturated rings. The molecule has 0 radical (unpaired) electrons. The second-order valence-corrected chi connectivity index (χ2v) is 3.35. The number of carbonyl (C=O) groups excluding carboxylic acids is 2. The van der Waals surface area contributed by atoms with Gasteiger partial charge in [0.1, 0.15) is 0 Å². The smallest absolute Gasteiger partial charge is 0.320 e. The van der Waals surface area contributed by atoms with Crippen LogP contribution in [0.3, 0.4) is 0 Å². The average molecular weight is 248 g/mol. The minimum atomic E-state index is -0.910. The van der Waals surface area contributed by atoms with E-state index in [9.17, 15) is 9.59 Å². The van der Waals surface area contributed by atoms with Crippen LogP contribution in [-0.2, 0) is 28.5 Å². The Morgan fingerprint density at radius 3 is 2.00 bits per heavy atom. The molecule has 0 aromatic carbocycles. The number of methoxy groups -OCH3 is 3. The monoisotopic (exact) mass is 248 g/mol. The molecule has 0 atom stereocenters. The highest BCUT2D eigenvalue weighted by Crippen LogP contribution is 2.08. The van der Waals surface area contributed by atoms with Gasteiger partial charge in [-0.05, 0) is 12.8 Å². The molecular weight excluding hydrogens is 228 g/mol. The summed E-state index contributed by atoms with van der Waals surface area (Å²) in [4.78, 5) is 22.6. The Morgan fingerprint density at radius 2 is 1.53 bits per heavy atom. The van der Waals surface area contributed by atoms with Crippen molar-refractivity contribution in [2.45, 2.75) is 12.8 Å². The van der Waals surface area contributed by atoms with Gasteiger partial charge in [-0.25, -0.2) is 0 Å². The van der Waals surface area contributed by atoms with E-state index in [-0.39, 0.29) is 6.42 Å². The number of hydrogen-bond donors (Lipinski definition) is 0. The summed E-state index contributed by atoms with van der Waals surface area (Å²) in [5.74, 6) is -2.11. The van der Waals surface area contributed by atoms with Gasteiger partial charge in [0.2, 0.25) is 0 Å². The summed E-state index contributed by atoms with van der Waals surface area (Å²) < 4.78 is 19.1. The van der Waals surface area contributed by atoms with Crippen molar-refractivity contribution in [1.82, 2.24) is 0 Å². The molecule has 0 aromatic rings. The van der Waals surface area contributed by atoms with Crippen molar-refractivity contribution in [1.29, 1.82) is 0 Å². The van der Waals surface area contributed by atoms with Crippen LogP contribution in [0.15, 0.2) is 0 Å². The quantitative estimate of drug-likeness (QED) is 0.334. The number of esters is 2. The zero-order chi connectivity index (χ0) is 13.1. The highest BCUT2D eigenvalue weighted by Gasteiger charge is 2.28. The van der Waals surface area contributed by atoms with Gasteiger partial charge in [0.15, 0.2) is 5.92 Å². The molecule has 0 N–H and O–H groups in total. The summed E-state index contributed by atoms with van der Waals surface area (Å²) in [6.07, 6.45) is 1.03. The molecule has 6 heteroatoms. The minimum Gasteiger partial charge on any atom is -0.468 e. The number of carbonyl (C=O) groups is 2. The fourth-order valence-corrected chi connectivity index (χ4v) is 1.23. The van der Waals surface area contributed by atoms with Crippen LogP contribution >= 0.6 is 0 Å². The molecule has 0 aromatic heterocycles. The number of rotatable bonds is 9. The second-order valence-electron chi connectivity index (χ2n) is 3.35. The summed E-state index contributed by atoms with van der Waals surface area (Å²) in [6.45, 7) is 1.46. The molecule has 0 aliphatic carbocycles. The van der Waals surface area contributed by atoms with Crippen LogP contribution in [-0.4, -0.2) is 53.1 Å². The van der Waals surface area contributed by atoms with Crippen molar-refractivity contribution in [3.63, 3.8) is 0 Å². The van der Waals surface area contributed by atoms with Gasteiger partial charge in [0, 0.05) is 26.9 Å². The molecule has 6 nitrogen and oxygen atoms in total. The Bertz CT molecular complexity index is 212. The van der Waals surface area contributed by atoms with Gasteiger partial charge < -0.3 is 18.9 Å². The molecule has 0 bridgehead atoms. The Balaban J connectivity index is 3.85. The lowest BCUT2D eigenvalue weighted by atomic mass is 10.1. The Kier molecular flexibility index (Phi) is 9.37. The van der Waals surface area contributed by atoms with E-state index in [1.54, 1.807) is 7.11 Å². The maximum atomic E-state index is 11.3. The van der Waals surface area contributed by atoms with E-state index >= 15 is 0 Å². The summed E-state index contributed by atoms with van der Waals surface area (Å²) in [7, 11) is 4.08. The molecule has 0 saturated heterocycles. The van der Waals surface area contributed by atoms with E-state index in [0.29, 0.717) is 19.8 Å². The first-order chi connectivity index (χ1) is 8.17. The van der Waals surface area contributed by atoms with Crippen molar-refractivity contribution >= 4 is 11.9 Å². The fraction of sp³-hybridized carbons (Fsp3) is 0.818. The molecule has 0 aliphatic rings. The Hall–Kier alpha value is -1.14. The standard InChI is InChI=1S/C11H20O6/c1-14-6-4-7-17-8-5-9(10(12)15-2)11(13)16-3/h9H,4-8H2,1-3H3. The summed E-state index contributed by atoms with van der Waals surface area (Å²) >= 11 is 0. The largest absolute Gasteiger partial charge is 0.468 e. The molecule has 0 amide bonds. The van der Waals surface area contributed by atoms with Crippen molar-refractivity contribution in [2.24, 2.45) is 5.92 Å². The zero-order valence-electron chi connectivity index (χ0n) is 10.6.